The number of benzene rings is 8. The van der Waals surface area contributed by atoms with Gasteiger partial charge in [-0.2, -0.15) is 54.1 Å². The molecule has 0 fully saturated rings. The minimum Gasteiger partial charge on any atom is -0.505 e. The van der Waals surface area contributed by atoms with E-state index >= 15 is 0 Å². The Bertz CT molecular complexity index is 4300. The topological polar surface area (TPSA) is 473 Å². The smallest absolute Gasteiger partial charge is 0.505 e. The molecule has 0 spiro atoms. The summed E-state index contributed by atoms with van der Waals surface area (Å²) in [6, 6.07) is 25.2. The zero-order valence-corrected chi connectivity index (χ0v) is 43.8. The number of nitrogen functional groups attached to an aromatic ring is 4. The Morgan fingerprint density at radius 1 is 0.382 bits per heavy atom. The van der Waals surface area contributed by atoms with E-state index in [4.69, 9.17) is 22.9 Å². The summed E-state index contributed by atoms with van der Waals surface area (Å²) >= 11 is 0. The Balaban J connectivity index is 0.00000840. The van der Waals surface area contributed by atoms with E-state index in [-0.39, 0.29) is 108 Å². The molecule has 0 aromatic heterocycles. The fourth-order valence-corrected chi connectivity index (χ4v) is 9.64. The molecular formula is C44H35N13NaO14S4+. The first kappa shape index (κ1) is 55.7. The van der Waals surface area contributed by atoms with Gasteiger partial charge in [-0.05, 0) is 120 Å². The van der Waals surface area contributed by atoms with Crippen molar-refractivity contribution in [2.24, 2.45) is 40.9 Å². The van der Waals surface area contributed by atoms with Gasteiger partial charge in [0.2, 0.25) is 0 Å². The van der Waals surface area contributed by atoms with Gasteiger partial charge in [-0.3, -0.25) is 18.2 Å². The first-order chi connectivity index (χ1) is 35.1. The van der Waals surface area contributed by atoms with E-state index in [1.54, 1.807) is 12.1 Å². The summed E-state index contributed by atoms with van der Waals surface area (Å²) < 4.78 is 138. The van der Waals surface area contributed by atoms with E-state index in [9.17, 15) is 62.1 Å². The van der Waals surface area contributed by atoms with Crippen molar-refractivity contribution in [1.29, 1.82) is 0 Å². The number of aromatic hydroxyl groups is 2. The molecule has 0 radical (unpaired) electrons. The van der Waals surface area contributed by atoms with E-state index in [0.717, 1.165) is 36.4 Å². The van der Waals surface area contributed by atoms with Crippen LogP contribution in [0.15, 0.2) is 182 Å². The van der Waals surface area contributed by atoms with Crippen LogP contribution < -0.4 is 57.8 Å². The second-order valence-corrected chi connectivity index (χ2v) is 21.3. The van der Waals surface area contributed by atoms with Crippen LogP contribution in [-0.4, -0.2) is 62.1 Å². The molecule has 0 heterocycles. The summed E-state index contributed by atoms with van der Waals surface area (Å²) in [6.45, 7) is 0. The molecule has 0 aliphatic carbocycles. The Morgan fingerprint density at radius 3 is 1.32 bits per heavy atom. The maximum Gasteiger partial charge on any atom is 1.00 e. The van der Waals surface area contributed by atoms with Crippen molar-refractivity contribution in [1.82, 2.24) is 0 Å². The first-order valence-electron chi connectivity index (χ1n) is 20.7. The Labute approximate surface area is 451 Å². The predicted octanol–water partition coefficient (Wildman–Crippen LogP) is 7.13. The van der Waals surface area contributed by atoms with Gasteiger partial charge in [-0.25, -0.2) is 0 Å². The van der Waals surface area contributed by atoms with E-state index < -0.39 is 82.9 Å². The molecule has 0 amide bonds. The zero-order valence-electron chi connectivity index (χ0n) is 38.5. The average Bonchev–Trinajstić information content (AvgIpc) is 3.32. The number of nitrogens with zero attached hydrogens (tertiary/aromatic N) is 8. The molecule has 0 unspecified atom stereocenters. The molecule has 0 saturated carbocycles. The van der Waals surface area contributed by atoms with Crippen molar-refractivity contribution in [3.63, 3.8) is 0 Å². The molecule has 0 aliphatic rings. The number of nitrogens with two attached hydrogens (primary N) is 4. The van der Waals surface area contributed by atoms with Gasteiger partial charge in [-0.15, -0.1) is 20.5 Å². The minimum atomic E-state index is -5.12. The number of phenols is 2. The third-order valence-electron chi connectivity index (χ3n) is 10.6. The third-order valence-corrected chi connectivity index (χ3v) is 14.1. The molecule has 0 bridgehead atoms. The summed E-state index contributed by atoms with van der Waals surface area (Å²) in [5.41, 5.74) is 22.0. The van der Waals surface area contributed by atoms with E-state index in [0.29, 0.717) is 11.4 Å². The SMILES string of the molecule is Nc1ccc(N=Nc2ccc3cc(S(=O)(=O)O)c(N=Nc4ccc(Nc5ccc(N=Nc6c(S(=O)(=O)O)cc7ccc(N=Nc8cc(S(=O)(=O)O)c(N)cc8N)cc7c6O)cc5S(=O)(=O)O)cc4)c(O)c3c2)c(N)c1.[Na+]. The summed E-state index contributed by atoms with van der Waals surface area (Å²) in [5.74, 6) is -1.54. The summed E-state index contributed by atoms with van der Waals surface area (Å²) in [5, 5.41) is 57.2. The molecular weight excluding hydrogens is 1090 g/mol. The molecule has 8 aromatic carbocycles. The van der Waals surface area contributed by atoms with Crippen LogP contribution in [0.5, 0.6) is 11.5 Å². The van der Waals surface area contributed by atoms with Crippen molar-refractivity contribution >= 4 is 142 Å². The second kappa shape index (κ2) is 21.3. The summed E-state index contributed by atoms with van der Waals surface area (Å²) in [7, 11) is -19.9. The molecule has 15 N–H and O–H groups in total. The van der Waals surface area contributed by atoms with Gasteiger partial charge >= 0.3 is 29.6 Å². The van der Waals surface area contributed by atoms with Crippen molar-refractivity contribution in [2.75, 3.05) is 28.3 Å². The Kier molecular flexibility index (Phi) is 15.6. The summed E-state index contributed by atoms with van der Waals surface area (Å²) in [6.07, 6.45) is 0. The molecule has 76 heavy (non-hydrogen) atoms. The number of hydrogen-bond acceptors (Lipinski definition) is 23. The van der Waals surface area contributed by atoms with Gasteiger partial charge < -0.3 is 38.5 Å². The van der Waals surface area contributed by atoms with E-state index in [1.807, 2.05) is 0 Å². The fraction of sp³-hybridized carbons (Fsp3) is 0. The first-order valence-corrected chi connectivity index (χ1v) is 26.4. The maximum absolute atomic E-state index is 12.6. The quantitative estimate of drug-likeness (QED) is 0.0223. The van der Waals surface area contributed by atoms with Gasteiger partial charge in [0.1, 0.15) is 42.3 Å². The van der Waals surface area contributed by atoms with E-state index in [2.05, 4.69) is 46.2 Å². The van der Waals surface area contributed by atoms with Crippen molar-refractivity contribution in [3.05, 3.63) is 121 Å². The van der Waals surface area contributed by atoms with Gasteiger partial charge in [-0.1, -0.05) is 12.1 Å². The van der Waals surface area contributed by atoms with Crippen LogP contribution in [0.4, 0.5) is 79.6 Å². The predicted molar refractivity (Wildman–Crippen MR) is 274 cm³/mol. The van der Waals surface area contributed by atoms with Gasteiger partial charge in [0.05, 0.1) is 45.5 Å². The monoisotopic (exact) mass is 1120 g/mol. The third kappa shape index (κ3) is 12.4. The van der Waals surface area contributed by atoms with Crippen LogP contribution in [-0.2, 0) is 40.5 Å². The van der Waals surface area contributed by atoms with Crippen LogP contribution in [0.1, 0.15) is 0 Å². The van der Waals surface area contributed by atoms with Crippen LogP contribution >= 0.6 is 0 Å². The number of phenolic OH excluding ortho intramolecular Hbond substituents is 2. The standard InChI is InChI=1S/C44H35N13O14S4.Na/c45-23-3-11-34(31(46)15-23)54-51-26-4-1-21-13-39(74(66,67)68)41(43(58)29(21)16-26)56-50-25-8-6-24(7-9-25)49-35-12-10-28(18-38(35)73(63,64)65)53-57-42-40(75(69,70)71)14-22-2-5-27(17-30(22)44(42)59)52-55-36-20-37(72(60,61)62)33(48)19-32(36)47;/h1-20,49,58-59H,45-48H2,(H,60,61,62)(H,63,64,65)(H,66,67,68)(H,69,70,71);/q;+1. The minimum absolute atomic E-state index is 0. The number of hydrogen-bond donors (Lipinski definition) is 11. The summed E-state index contributed by atoms with van der Waals surface area (Å²) in [4.78, 5) is -3.14. The molecule has 27 nitrogen and oxygen atoms in total. The number of fused-ring (bicyclic) bond motifs is 2. The fourth-order valence-electron chi connectivity index (χ4n) is 7.04. The van der Waals surface area contributed by atoms with Crippen LogP contribution in [0.2, 0.25) is 0 Å². The molecule has 0 atom stereocenters. The zero-order chi connectivity index (χ0) is 54.4. The van der Waals surface area contributed by atoms with Crippen molar-refractivity contribution in [3.8, 4) is 11.5 Å². The molecule has 8 aromatic rings. The molecule has 384 valence electrons. The molecule has 32 heteroatoms. The average molecular weight is 1120 g/mol. The van der Waals surface area contributed by atoms with Gasteiger partial charge in [0, 0.05) is 22.1 Å². The number of anilines is 6. The number of rotatable bonds is 14. The van der Waals surface area contributed by atoms with Gasteiger partial charge in [0.25, 0.3) is 40.5 Å². The van der Waals surface area contributed by atoms with E-state index in [1.165, 1.54) is 72.8 Å². The van der Waals surface area contributed by atoms with Crippen LogP contribution in [0.25, 0.3) is 21.5 Å². The van der Waals surface area contributed by atoms with Crippen LogP contribution in [0.3, 0.4) is 0 Å². The Morgan fingerprint density at radius 2 is 0.816 bits per heavy atom. The molecule has 0 saturated heterocycles. The molecule has 0 aliphatic heterocycles. The van der Waals surface area contributed by atoms with Crippen molar-refractivity contribution in [2.45, 2.75) is 19.6 Å². The van der Waals surface area contributed by atoms with Gasteiger partial charge in [0.15, 0.2) is 11.5 Å². The van der Waals surface area contributed by atoms with Crippen LogP contribution in [0, 0.1) is 0 Å². The maximum atomic E-state index is 12.6. The normalized spacial score (nSPS) is 12.6. The largest absolute Gasteiger partial charge is 1.00 e. The second-order valence-electron chi connectivity index (χ2n) is 15.8. The number of azo groups is 4. The molecule has 8 rings (SSSR count). The Hall–Kier alpha value is -8.08. The number of nitrogens with one attached hydrogen (secondary N) is 1. The van der Waals surface area contributed by atoms with Crippen molar-refractivity contribution < 1.29 is 91.7 Å².